The van der Waals surface area contributed by atoms with Gasteiger partial charge in [0.05, 0.1) is 16.8 Å². The van der Waals surface area contributed by atoms with Crippen molar-refractivity contribution in [3.05, 3.63) is 72.3 Å². The molecule has 6 N–H and O–H groups in total. The molecule has 4 saturated carbocycles. The Labute approximate surface area is 210 Å². The van der Waals surface area contributed by atoms with Crippen LogP contribution in [0.25, 0.3) is 0 Å². The molecule has 0 aliphatic heterocycles. The summed E-state index contributed by atoms with van der Waals surface area (Å²) in [5.41, 5.74) is 12.5. The van der Waals surface area contributed by atoms with Gasteiger partial charge in [0, 0.05) is 30.0 Å². The SMILES string of the molecule is Nc1ccc(OC2C3CC4CC(Oc5ccc(N)c(O)c5)(C3)CC2(C#Cc2ccccc2)C4)cc1O. The van der Waals surface area contributed by atoms with Crippen LogP contribution < -0.4 is 20.9 Å². The molecule has 0 heterocycles. The van der Waals surface area contributed by atoms with Crippen LogP contribution in [0.2, 0.25) is 0 Å². The predicted molar refractivity (Wildman–Crippen MR) is 139 cm³/mol. The number of nitrogen functional groups attached to an aromatic ring is 2. The van der Waals surface area contributed by atoms with Crippen molar-refractivity contribution in [2.45, 2.75) is 43.8 Å². The molecular formula is C30H30N2O4. The summed E-state index contributed by atoms with van der Waals surface area (Å²) >= 11 is 0. The number of aromatic hydroxyl groups is 2. The largest absolute Gasteiger partial charge is 0.506 e. The Morgan fingerprint density at radius 1 is 0.833 bits per heavy atom. The monoisotopic (exact) mass is 482 g/mol. The number of hydrogen-bond donors (Lipinski definition) is 4. The summed E-state index contributed by atoms with van der Waals surface area (Å²) < 4.78 is 13.3. The highest BCUT2D eigenvalue weighted by atomic mass is 16.5. The average molecular weight is 483 g/mol. The van der Waals surface area contributed by atoms with Crippen LogP contribution in [0.4, 0.5) is 11.4 Å². The van der Waals surface area contributed by atoms with E-state index in [1.54, 1.807) is 24.3 Å². The van der Waals surface area contributed by atoms with Gasteiger partial charge in [-0.3, -0.25) is 0 Å². The molecule has 3 aromatic rings. The first-order valence-corrected chi connectivity index (χ1v) is 12.4. The highest BCUT2D eigenvalue weighted by Crippen LogP contribution is 2.63. The van der Waals surface area contributed by atoms with Crippen LogP contribution in [-0.4, -0.2) is 21.9 Å². The van der Waals surface area contributed by atoms with E-state index >= 15 is 0 Å². The lowest BCUT2D eigenvalue weighted by atomic mass is 9.46. The Balaban J connectivity index is 1.38. The van der Waals surface area contributed by atoms with Crippen molar-refractivity contribution < 1.29 is 19.7 Å². The van der Waals surface area contributed by atoms with Crippen LogP contribution in [0.15, 0.2) is 66.7 Å². The third kappa shape index (κ3) is 3.95. The molecular weight excluding hydrogens is 452 g/mol. The molecule has 0 radical (unpaired) electrons. The molecule has 6 nitrogen and oxygen atoms in total. The van der Waals surface area contributed by atoms with E-state index in [9.17, 15) is 10.2 Å². The third-order valence-electron chi connectivity index (χ3n) is 8.03. The van der Waals surface area contributed by atoms with Crippen molar-refractivity contribution in [2.75, 3.05) is 11.5 Å². The second-order valence-corrected chi connectivity index (χ2v) is 10.7. The molecule has 6 heteroatoms. The highest BCUT2D eigenvalue weighted by molar-refractivity contribution is 5.55. The van der Waals surface area contributed by atoms with Crippen LogP contribution in [0.1, 0.15) is 37.7 Å². The van der Waals surface area contributed by atoms with Gasteiger partial charge in [-0.1, -0.05) is 30.0 Å². The fraction of sp³-hybridized carbons (Fsp3) is 0.333. The molecule has 184 valence electrons. The number of rotatable bonds is 4. The number of phenolic OH excluding ortho intramolecular Hbond substituents is 2. The van der Waals surface area contributed by atoms with Crippen molar-refractivity contribution in [1.29, 1.82) is 0 Å². The van der Waals surface area contributed by atoms with Gasteiger partial charge in [-0.25, -0.2) is 0 Å². The number of anilines is 2. The number of phenols is 2. The summed E-state index contributed by atoms with van der Waals surface area (Å²) in [5.74, 6) is 9.07. The summed E-state index contributed by atoms with van der Waals surface area (Å²) in [6.45, 7) is 0. The fourth-order valence-corrected chi connectivity index (χ4v) is 6.84. The van der Waals surface area contributed by atoms with Gasteiger partial charge < -0.3 is 31.2 Å². The minimum Gasteiger partial charge on any atom is -0.506 e. The van der Waals surface area contributed by atoms with Crippen molar-refractivity contribution in [3.63, 3.8) is 0 Å². The second kappa shape index (κ2) is 8.30. The van der Waals surface area contributed by atoms with Crippen molar-refractivity contribution in [3.8, 4) is 34.8 Å². The van der Waals surface area contributed by atoms with Crippen LogP contribution in [0, 0.1) is 29.1 Å². The molecule has 3 aromatic carbocycles. The van der Waals surface area contributed by atoms with Crippen molar-refractivity contribution in [2.24, 2.45) is 17.3 Å². The Hall–Kier alpha value is -3.98. The van der Waals surface area contributed by atoms with E-state index in [1.165, 1.54) is 0 Å². The van der Waals surface area contributed by atoms with Gasteiger partial charge >= 0.3 is 0 Å². The molecule has 5 unspecified atom stereocenters. The zero-order valence-corrected chi connectivity index (χ0v) is 20.0. The first-order chi connectivity index (χ1) is 17.3. The molecule has 4 bridgehead atoms. The van der Waals surface area contributed by atoms with Gasteiger partial charge in [0.25, 0.3) is 0 Å². The minimum atomic E-state index is -0.410. The molecule has 0 aromatic heterocycles. The molecule has 4 fully saturated rings. The molecule has 0 spiro atoms. The maximum absolute atomic E-state index is 10.2. The first-order valence-electron chi connectivity index (χ1n) is 12.4. The third-order valence-corrected chi connectivity index (χ3v) is 8.03. The van der Waals surface area contributed by atoms with E-state index in [0.717, 1.165) is 37.7 Å². The minimum absolute atomic E-state index is 0.0173. The molecule has 7 rings (SSSR count). The van der Waals surface area contributed by atoms with E-state index in [1.807, 2.05) is 42.5 Å². The molecule has 0 amide bonds. The maximum Gasteiger partial charge on any atom is 0.142 e. The molecule has 4 aliphatic carbocycles. The zero-order valence-electron chi connectivity index (χ0n) is 20.0. The summed E-state index contributed by atoms with van der Waals surface area (Å²) in [7, 11) is 0. The van der Waals surface area contributed by atoms with Gasteiger partial charge in [-0.2, -0.15) is 0 Å². The van der Waals surface area contributed by atoms with Gasteiger partial charge in [0.2, 0.25) is 0 Å². The van der Waals surface area contributed by atoms with Gasteiger partial charge in [-0.05, 0) is 68.0 Å². The Kier molecular flexibility index (Phi) is 5.19. The first kappa shape index (κ1) is 22.5. The van der Waals surface area contributed by atoms with Crippen LogP contribution in [-0.2, 0) is 0 Å². The van der Waals surface area contributed by atoms with E-state index in [0.29, 0.717) is 28.8 Å². The van der Waals surface area contributed by atoms with E-state index < -0.39 is 5.41 Å². The smallest absolute Gasteiger partial charge is 0.142 e. The number of nitrogens with two attached hydrogens (primary N) is 2. The summed E-state index contributed by atoms with van der Waals surface area (Å²) in [5, 5.41) is 20.3. The average Bonchev–Trinajstić information content (AvgIpc) is 2.85. The molecule has 0 saturated heterocycles. The second-order valence-electron chi connectivity index (χ2n) is 10.7. The predicted octanol–water partition coefficient (Wildman–Crippen LogP) is 5.09. The maximum atomic E-state index is 10.2. The lowest BCUT2D eigenvalue weighted by Crippen LogP contribution is -2.65. The Morgan fingerprint density at radius 3 is 2.25 bits per heavy atom. The number of benzene rings is 3. The van der Waals surface area contributed by atoms with Crippen LogP contribution >= 0.6 is 0 Å². The van der Waals surface area contributed by atoms with Gasteiger partial charge in [0.1, 0.15) is 34.7 Å². The number of hydrogen-bond acceptors (Lipinski definition) is 6. The van der Waals surface area contributed by atoms with Gasteiger partial charge in [0.15, 0.2) is 0 Å². The Morgan fingerprint density at radius 2 is 1.53 bits per heavy atom. The summed E-state index contributed by atoms with van der Waals surface area (Å²) in [4.78, 5) is 0. The standard InChI is InChI=1S/C30H30N2O4/c31-24-8-6-22(13-26(24)33)35-28-21-12-20-15-29(28,11-10-19-4-2-1-3-5-19)18-30(16-20,17-21)36-23-7-9-25(32)27(34)14-23/h1-9,13-14,20-21,28,33-34H,12,15-18,31-32H2. The fourth-order valence-electron chi connectivity index (χ4n) is 6.84. The van der Waals surface area contributed by atoms with E-state index in [2.05, 4.69) is 11.8 Å². The summed E-state index contributed by atoms with van der Waals surface area (Å²) in [6.07, 6.45) is 4.38. The molecule has 5 atom stereocenters. The lowest BCUT2D eigenvalue weighted by Gasteiger charge is -2.62. The lowest BCUT2D eigenvalue weighted by molar-refractivity contribution is -0.181. The zero-order chi connectivity index (χ0) is 24.9. The summed E-state index contributed by atoms with van der Waals surface area (Å²) in [6, 6.07) is 20.2. The normalized spacial score (nSPS) is 29.8. The molecule has 4 aliphatic rings. The van der Waals surface area contributed by atoms with Crippen LogP contribution in [0.5, 0.6) is 23.0 Å². The van der Waals surface area contributed by atoms with E-state index in [-0.39, 0.29) is 29.1 Å². The highest BCUT2D eigenvalue weighted by Gasteiger charge is 2.64. The van der Waals surface area contributed by atoms with Crippen molar-refractivity contribution >= 4 is 11.4 Å². The molecule has 36 heavy (non-hydrogen) atoms. The van der Waals surface area contributed by atoms with Crippen molar-refractivity contribution in [1.82, 2.24) is 0 Å². The van der Waals surface area contributed by atoms with E-state index in [4.69, 9.17) is 20.9 Å². The topological polar surface area (TPSA) is 111 Å². The quantitative estimate of drug-likeness (QED) is 0.234. The Bertz CT molecular complexity index is 1360. The van der Waals surface area contributed by atoms with Crippen LogP contribution in [0.3, 0.4) is 0 Å². The number of ether oxygens (including phenoxy) is 2. The van der Waals surface area contributed by atoms with Gasteiger partial charge in [-0.15, -0.1) is 0 Å².